The Morgan fingerprint density at radius 1 is 1.62 bits per heavy atom. The van der Waals surface area contributed by atoms with Crippen LogP contribution in [-0.4, -0.2) is 19.1 Å². The molecule has 0 heterocycles. The molecule has 0 bridgehead atoms. The van der Waals surface area contributed by atoms with E-state index in [1.807, 2.05) is 0 Å². The summed E-state index contributed by atoms with van der Waals surface area (Å²) < 4.78 is 17.6. The Kier molecular flexibility index (Phi) is 4.71. The van der Waals surface area contributed by atoms with Crippen molar-refractivity contribution in [3.8, 4) is 0 Å². The molecule has 1 aromatic rings. The molecule has 0 aromatic heterocycles. The minimum Gasteiger partial charge on any atom is -0.468 e. The molecule has 0 saturated carbocycles. The Labute approximate surface area is 98.5 Å². The average molecular weight is 246 g/mol. The van der Waals surface area contributed by atoms with Crippen molar-refractivity contribution in [2.45, 2.75) is 19.5 Å². The first kappa shape index (κ1) is 12.9. The number of benzene rings is 1. The number of nitrogens with one attached hydrogen (secondary N) is 1. The fourth-order valence-electron chi connectivity index (χ4n) is 1.18. The molecule has 0 amide bonds. The number of carbonyl (C=O) groups is 1. The predicted molar refractivity (Wildman–Crippen MR) is 59.7 cm³/mol. The molecule has 88 valence electrons. The van der Waals surface area contributed by atoms with Crippen LogP contribution in [-0.2, 0) is 16.1 Å². The van der Waals surface area contributed by atoms with Gasteiger partial charge in [0.05, 0.1) is 12.1 Å². The summed E-state index contributed by atoms with van der Waals surface area (Å²) in [5.41, 5.74) is 0.720. The lowest BCUT2D eigenvalue weighted by Crippen LogP contribution is -2.34. The van der Waals surface area contributed by atoms with E-state index in [-0.39, 0.29) is 11.0 Å². The third-order valence-electron chi connectivity index (χ3n) is 2.15. The molecule has 0 spiro atoms. The molecule has 0 aliphatic carbocycles. The summed E-state index contributed by atoms with van der Waals surface area (Å²) in [5, 5.41) is 3.00. The minimum atomic E-state index is -0.466. The van der Waals surface area contributed by atoms with Gasteiger partial charge in [0.25, 0.3) is 0 Å². The third kappa shape index (κ3) is 3.47. The van der Waals surface area contributed by atoms with Gasteiger partial charge in [0.15, 0.2) is 0 Å². The van der Waals surface area contributed by atoms with Gasteiger partial charge >= 0.3 is 5.97 Å². The maximum atomic E-state index is 13.1. The SMILES string of the molecule is COC(=O)C(C)NCc1ccc(Cl)c(F)c1. The van der Waals surface area contributed by atoms with E-state index >= 15 is 0 Å². The van der Waals surface area contributed by atoms with E-state index in [0.29, 0.717) is 6.54 Å². The van der Waals surface area contributed by atoms with Gasteiger partial charge in [-0.1, -0.05) is 17.7 Å². The first-order chi connectivity index (χ1) is 7.54. The van der Waals surface area contributed by atoms with Gasteiger partial charge in [-0.25, -0.2) is 4.39 Å². The second kappa shape index (κ2) is 5.82. The molecule has 0 saturated heterocycles. The lowest BCUT2D eigenvalue weighted by Gasteiger charge is -2.11. The normalized spacial score (nSPS) is 12.2. The van der Waals surface area contributed by atoms with Gasteiger partial charge in [-0.3, -0.25) is 4.79 Å². The van der Waals surface area contributed by atoms with Gasteiger partial charge in [-0.2, -0.15) is 0 Å². The molecule has 16 heavy (non-hydrogen) atoms. The number of ether oxygens (including phenoxy) is 1. The van der Waals surface area contributed by atoms with Crippen molar-refractivity contribution in [1.82, 2.24) is 5.32 Å². The summed E-state index contributed by atoms with van der Waals surface area (Å²) in [6, 6.07) is 4.09. The quantitative estimate of drug-likeness (QED) is 0.826. The number of carbonyl (C=O) groups excluding carboxylic acids is 1. The van der Waals surface area contributed by atoms with Crippen molar-refractivity contribution in [2.24, 2.45) is 0 Å². The molecule has 1 N–H and O–H groups in total. The standard InChI is InChI=1S/C11H13ClFNO2/c1-7(11(15)16-2)14-6-8-3-4-9(12)10(13)5-8/h3-5,7,14H,6H2,1-2H3. The number of rotatable bonds is 4. The van der Waals surface area contributed by atoms with Crippen LogP contribution in [0.5, 0.6) is 0 Å². The Balaban J connectivity index is 2.55. The van der Waals surface area contributed by atoms with Crippen LogP contribution >= 0.6 is 11.6 Å². The highest BCUT2D eigenvalue weighted by molar-refractivity contribution is 6.30. The average Bonchev–Trinajstić information content (AvgIpc) is 2.29. The second-order valence-electron chi connectivity index (χ2n) is 3.37. The maximum Gasteiger partial charge on any atom is 0.322 e. The zero-order valence-corrected chi connectivity index (χ0v) is 9.84. The summed E-state index contributed by atoms with van der Waals surface area (Å²) in [7, 11) is 1.32. The number of halogens is 2. The fraction of sp³-hybridized carbons (Fsp3) is 0.364. The summed E-state index contributed by atoms with van der Waals surface area (Å²) in [4.78, 5) is 11.1. The fourth-order valence-corrected chi connectivity index (χ4v) is 1.30. The molecule has 0 aliphatic heterocycles. The number of methoxy groups -OCH3 is 1. The van der Waals surface area contributed by atoms with Crippen molar-refractivity contribution in [3.63, 3.8) is 0 Å². The second-order valence-corrected chi connectivity index (χ2v) is 3.78. The van der Waals surface area contributed by atoms with Crippen LogP contribution in [0.4, 0.5) is 4.39 Å². The molecule has 1 rings (SSSR count). The molecular formula is C11H13ClFNO2. The zero-order chi connectivity index (χ0) is 12.1. The van der Waals surface area contributed by atoms with E-state index < -0.39 is 11.9 Å². The van der Waals surface area contributed by atoms with Crippen LogP contribution in [0.15, 0.2) is 18.2 Å². The van der Waals surface area contributed by atoms with Crippen LogP contribution in [0.1, 0.15) is 12.5 Å². The number of hydrogen-bond donors (Lipinski definition) is 1. The zero-order valence-electron chi connectivity index (χ0n) is 9.09. The van der Waals surface area contributed by atoms with Gasteiger partial charge < -0.3 is 10.1 Å². The van der Waals surface area contributed by atoms with Crippen LogP contribution < -0.4 is 5.32 Å². The number of hydrogen-bond acceptors (Lipinski definition) is 3. The Bertz CT molecular complexity index is 384. The van der Waals surface area contributed by atoms with Gasteiger partial charge in [0, 0.05) is 6.54 Å². The van der Waals surface area contributed by atoms with Gasteiger partial charge in [0.1, 0.15) is 11.9 Å². The summed E-state index contributed by atoms with van der Waals surface area (Å²) in [5.74, 6) is -0.818. The van der Waals surface area contributed by atoms with Crippen molar-refractivity contribution < 1.29 is 13.9 Å². The highest BCUT2D eigenvalue weighted by Crippen LogP contribution is 2.15. The van der Waals surface area contributed by atoms with Crippen molar-refractivity contribution >= 4 is 17.6 Å². The van der Waals surface area contributed by atoms with E-state index in [9.17, 15) is 9.18 Å². The van der Waals surface area contributed by atoms with Gasteiger partial charge in [-0.15, -0.1) is 0 Å². The molecule has 0 fully saturated rings. The van der Waals surface area contributed by atoms with Crippen molar-refractivity contribution in [3.05, 3.63) is 34.6 Å². The topological polar surface area (TPSA) is 38.3 Å². The molecule has 3 nitrogen and oxygen atoms in total. The Morgan fingerprint density at radius 3 is 2.88 bits per heavy atom. The van der Waals surface area contributed by atoms with E-state index in [0.717, 1.165) is 5.56 Å². The van der Waals surface area contributed by atoms with E-state index in [1.165, 1.54) is 19.2 Å². The lowest BCUT2D eigenvalue weighted by molar-refractivity contribution is -0.142. The van der Waals surface area contributed by atoms with Crippen LogP contribution in [0.2, 0.25) is 5.02 Å². The molecule has 5 heteroatoms. The third-order valence-corrected chi connectivity index (χ3v) is 2.46. The monoisotopic (exact) mass is 245 g/mol. The molecular weight excluding hydrogens is 233 g/mol. The van der Waals surface area contributed by atoms with E-state index in [2.05, 4.69) is 10.1 Å². The predicted octanol–water partition coefficient (Wildman–Crippen LogP) is 2.13. The lowest BCUT2D eigenvalue weighted by atomic mass is 10.2. The van der Waals surface area contributed by atoms with Crippen LogP contribution in [0.25, 0.3) is 0 Å². The minimum absolute atomic E-state index is 0.0877. The van der Waals surface area contributed by atoms with Gasteiger partial charge in [0.2, 0.25) is 0 Å². The highest BCUT2D eigenvalue weighted by Gasteiger charge is 2.11. The van der Waals surface area contributed by atoms with Crippen LogP contribution in [0, 0.1) is 5.82 Å². The summed E-state index contributed by atoms with van der Waals surface area (Å²) in [6.45, 7) is 2.06. The largest absolute Gasteiger partial charge is 0.468 e. The maximum absolute atomic E-state index is 13.1. The number of esters is 1. The van der Waals surface area contributed by atoms with Crippen LogP contribution in [0.3, 0.4) is 0 Å². The van der Waals surface area contributed by atoms with E-state index in [1.54, 1.807) is 13.0 Å². The Hall–Kier alpha value is -1.13. The molecule has 0 radical (unpaired) electrons. The van der Waals surface area contributed by atoms with Gasteiger partial charge in [-0.05, 0) is 24.6 Å². The van der Waals surface area contributed by atoms with Crippen molar-refractivity contribution in [1.29, 1.82) is 0 Å². The highest BCUT2D eigenvalue weighted by atomic mass is 35.5. The van der Waals surface area contributed by atoms with Crippen molar-refractivity contribution in [2.75, 3.05) is 7.11 Å². The summed E-state index contributed by atoms with van der Waals surface area (Å²) >= 11 is 5.55. The molecule has 1 unspecified atom stereocenters. The first-order valence-electron chi connectivity index (χ1n) is 4.79. The first-order valence-corrected chi connectivity index (χ1v) is 5.17. The smallest absolute Gasteiger partial charge is 0.322 e. The molecule has 1 aromatic carbocycles. The molecule has 1 atom stereocenters. The Morgan fingerprint density at radius 2 is 2.31 bits per heavy atom. The summed E-state index contributed by atoms with van der Waals surface area (Å²) in [6.07, 6.45) is 0. The van der Waals surface area contributed by atoms with E-state index in [4.69, 9.17) is 11.6 Å². The molecule has 0 aliphatic rings.